The van der Waals surface area contributed by atoms with Crippen LogP contribution in [0.4, 0.5) is 0 Å². The fourth-order valence-corrected chi connectivity index (χ4v) is 1.04. The summed E-state index contributed by atoms with van der Waals surface area (Å²) in [5.41, 5.74) is -0.378. The summed E-state index contributed by atoms with van der Waals surface area (Å²) >= 11 is 0. The van der Waals surface area contributed by atoms with Crippen molar-refractivity contribution in [1.29, 1.82) is 0 Å². The van der Waals surface area contributed by atoms with E-state index in [-0.39, 0.29) is 11.2 Å². The van der Waals surface area contributed by atoms with Gasteiger partial charge in [0, 0.05) is 11.8 Å². The van der Waals surface area contributed by atoms with Gasteiger partial charge in [0.1, 0.15) is 11.8 Å². The van der Waals surface area contributed by atoms with Crippen LogP contribution >= 0.6 is 0 Å². The minimum atomic E-state index is -0.908. The van der Waals surface area contributed by atoms with Crippen LogP contribution in [0.1, 0.15) is 67.7 Å². The maximum Gasteiger partial charge on any atom is 0.320 e. The maximum absolute atomic E-state index is 11.5. The number of ketones is 1. The van der Waals surface area contributed by atoms with E-state index in [9.17, 15) is 9.59 Å². The fraction of sp³-hybridized carbons (Fsp3) is 0.867. The lowest BCUT2D eigenvalue weighted by molar-refractivity contribution is -0.139. The van der Waals surface area contributed by atoms with Gasteiger partial charge in [0.2, 0.25) is 0 Å². The fourth-order valence-electron chi connectivity index (χ4n) is 1.04. The van der Waals surface area contributed by atoms with Crippen molar-refractivity contribution in [1.82, 2.24) is 5.32 Å². The van der Waals surface area contributed by atoms with Crippen LogP contribution in [0.15, 0.2) is 0 Å². The van der Waals surface area contributed by atoms with E-state index in [0.717, 1.165) is 0 Å². The Morgan fingerprint density at radius 2 is 1.53 bits per heavy atom. The molecule has 0 radical (unpaired) electrons. The molecule has 0 bridgehead atoms. The average Bonchev–Trinajstić information content (AvgIpc) is 2.31. The molecule has 2 N–H and O–H groups in total. The molecule has 0 saturated heterocycles. The Morgan fingerprint density at radius 1 is 1.16 bits per heavy atom. The minimum Gasteiger partial charge on any atom is -0.480 e. The number of carbonyl (C=O) groups is 2. The average molecular weight is 275 g/mol. The van der Waals surface area contributed by atoms with Crippen molar-refractivity contribution in [2.45, 2.75) is 73.8 Å². The van der Waals surface area contributed by atoms with Crippen molar-refractivity contribution < 1.29 is 14.7 Å². The number of carbonyl (C=O) groups excluding carboxylic acids is 1. The zero-order chi connectivity index (χ0) is 16.1. The van der Waals surface area contributed by atoms with Gasteiger partial charge in [-0.15, -0.1) is 0 Å². The van der Waals surface area contributed by atoms with Crippen LogP contribution in [0, 0.1) is 5.41 Å². The van der Waals surface area contributed by atoms with Crippen LogP contribution in [0.5, 0.6) is 0 Å². The quantitative estimate of drug-likeness (QED) is 0.806. The van der Waals surface area contributed by atoms with E-state index in [4.69, 9.17) is 5.11 Å². The molecule has 1 unspecified atom stereocenters. The number of hydrogen-bond acceptors (Lipinski definition) is 3. The van der Waals surface area contributed by atoms with Crippen LogP contribution in [-0.2, 0) is 9.59 Å². The maximum atomic E-state index is 11.5. The summed E-state index contributed by atoms with van der Waals surface area (Å²) in [7, 11) is 1.58. The molecule has 0 aliphatic heterocycles. The third-order valence-electron chi connectivity index (χ3n) is 2.14. The number of aliphatic carboxylic acids is 1. The summed E-state index contributed by atoms with van der Waals surface area (Å²) in [5, 5.41) is 11.4. The molecular weight excluding hydrogens is 242 g/mol. The molecule has 19 heavy (non-hydrogen) atoms. The van der Waals surface area contributed by atoms with Crippen LogP contribution in [0.3, 0.4) is 0 Å². The van der Waals surface area contributed by atoms with E-state index >= 15 is 0 Å². The highest BCUT2D eigenvalue weighted by atomic mass is 16.4. The molecular formula is C15H33NO3. The zero-order valence-corrected chi connectivity index (χ0v) is 14.0. The predicted molar refractivity (Wildman–Crippen MR) is 81.5 cm³/mol. The van der Waals surface area contributed by atoms with Gasteiger partial charge in [-0.05, 0) is 13.5 Å². The summed E-state index contributed by atoms with van der Waals surface area (Å²) in [6, 6.07) is -0.624. The molecule has 0 aromatic heterocycles. The monoisotopic (exact) mass is 275 g/mol. The Balaban J connectivity index is -0.000000445. The molecule has 0 rings (SSSR count). The number of Topliss-reactive ketones (excluding diaryl/α,β-unsaturated/α-hetero) is 1. The number of likely N-dealkylation sites (N-methyl/N-ethyl adjacent to an activating group) is 1. The van der Waals surface area contributed by atoms with Gasteiger partial charge in [0.15, 0.2) is 0 Å². The standard InChI is InChI=1S/C10H19NO3.C3H8.C2H6/c1-10(2,3)8(12)6-5-7(11-4)9(13)14;1-3-2;1-2/h7,11H,5-6H2,1-4H3,(H,13,14);3H2,1-2H3;1-2H3. The molecule has 0 aliphatic rings. The Bertz CT molecular complexity index is 232. The second kappa shape index (κ2) is 13.5. The number of hydrogen-bond donors (Lipinski definition) is 2. The SMILES string of the molecule is CC.CCC.CNC(CCC(=O)C(C)(C)C)C(=O)O. The molecule has 0 aromatic rings. The third-order valence-corrected chi connectivity index (χ3v) is 2.14. The van der Waals surface area contributed by atoms with Crippen LogP contribution in [0.2, 0.25) is 0 Å². The van der Waals surface area contributed by atoms with Gasteiger partial charge in [-0.25, -0.2) is 0 Å². The van der Waals surface area contributed by atoms with Crippen LogP contribution in [0.25, 0.3) is 0 Å². The molecule has 4 nitrogen and oxygen atoms in total. The van der Waals surface area contributed by atoms with Crippen LogP contribution < -0.4 is 5.32 Å². The third kappa shape index (κ3) is 15.0. The first-order valence-corrected chi connectivity index (χ1v) is 7.14. The molecule has 0 aromatic carbocycles. The van der Waals surface area contributed by atoms with Gasteiger partial charge in [0.05, 0.1) is 0 Å². The molecule has 0 amide bonds. The van der Waals surface area contributed by atoms with Gasteiger partial charge in [-0.2, -0.15) is 0 Å². The Kier molecular flexibility index (Phi) is 16.5. The molecule has 116 valence electrons. The van der Waals surface area contributed by atoms with E-state index < -0.39 is 12.0 Å². The normalized spacial score (nSPS) is 11.4. The Labute approximate surface area is 119 Å². The Morgan fingerprint density at radius 3 is 1.74 bits per heavy atom. The summed E-state index contributed by atoms with van der Waals surface area (Å²) in [4.78, 5) is 22.1. The lowest BCUT2D eigenvalue weighted by atomic mass is 9.87. The molecule has 1 atom stereocenters. The first-order chi connectivity index (χ1) is 8.70. The first kappa shape index (κ1) is 23.2. The van der Waals surface area contributed by atoms with Crippen molar-refractivity contribution in [2.75, 3.05) is 7.05 Å². The first-order valence-electron chi connectivity index (χ1n) is 7.14. The Hall–Kier alpha value is -0.900. The van der Waals surface area contributed by atoms with Crippen LogP contribution in [-0.4, -0.2) is 29.9 Å². The molecule has 0 saturated carbocycles. The number of rotatable bonds is 5. The molecule has 0 heterocycles. The van der Waals surface area contributed by atoms with E-state index in [1.54, 1.807) is 7.05 Å². The lowest BCUT2D eigenvalue weighted by Gasteiger charge is -2.18. The summed E-state index contributed by atoms with van der Waals surface area (Å²) in [6.45, 7) is 13.8. The minimum absolute atomic E-state index is 0.0963. The van der Waals surface area contributed by atoms with E-state index in [2.05, 4.69) is 19.2 Å². The molecule has 0 fully saturated rings. The van der Waals surface area contributed by atoms with Gasteiger partial charge in [0.25, 0.3) is 0 Å². The lowest BCUT2D eigenvalue weighted by Crippen LogP contribution is -2.35. The molecule has 0 spiro atoms. The zero-order valence-electron chi connectivity index (χ0n) is 14.0. The summed E-state index contributed by atoms with van der Waals surface area (Å²) in [6.07, 6.45) is 1.91. The molecule has 0 aliphatic carbocycles. The highest BCUT2D eigenvalue weighted by Gasteiger charge is 2.23. The van der Waals surface area contributed by atoms with Crippen molar-refractivity contribution >= 4 is 11.8 Å². The van der Waals surface area contributed by atoms with Gasteiger partial charge in [-0.3, -0.25) is 9.59 Å². The van der Waals surface area contributed by atoms with Gasteiger partial charge < -0.3 is 10.4 Å². The number of nitrogens with one attached hydrogen (secondary N) is 1. The van der Waals surface area contributed by atoms with Crippen molar-refractivity contribution in [3.8, 4) is 0 Å². The van der Waals surface area contributed by atoms with Crippen molar-refractivity contribution in [3.05, 3.63) is 0 Å². The highest BCUT2D eigenvalue weighted by Crippen LogP contribution is 2.18. The van der Waals surface area contributed by atoms with E-state index in [1.807, 2.05) is 34.6 Å². The van der Waals surface area contributed by atoms with E-state index in [0.29, 0.717) is 12.8 Å². The predicted octanol–water partition coefficient (Wildman–Crippen LogP) is 3.50. The topological polar surface area (TPSA) is 66.4 Å². The number of carboxylic acid groups (broad SMARTS) is 1. The molecule has 4 heteroatoms. The smallest absolute Gasteiger partial charge is 0.320 e. The van der Waals surface area contributed by atoms with E-state index in [1.165, 1.54) is 6.42 Å². The van der Waals surface area contributed by atoms with Crippen molar-refractivity contribution in [2.24, 2.45) is 5.41 Å². The van der Waals surface area contributed by atoms with Gasteiger partial charge in [-0.1, -0.05) is 54.9 Å². The summed E-state index contributed by atoms with van der Waals surface area (Å²) in [5.74, 6) is -0.812. The van der Waals surface area contributed by atoms with Gasteiger partial charge >= 0.3 is 5.97 Å². The van der Waals surface area contributed by atoms with Crippen molar-refractivity contribution in [3.63, 3.8) is 0 Å². The second-order valence-corrected chi connectivity index (χ2v) is 5.10. The second-order valence-electron chi connectivity index (χ2n) is 5.10. The largest absolute Gasteiger partial charge is 0.480 e. The number of carboxylic acids is 1. The summed E-state index contributed by atoms with van der Waals surface area (Å²) < 4.78 is 0. The highest BCUT2D eigenvalue weighted by molar-refractivity contribution is 5.84.